The molecule has 2 rings (SSSR count). The van der Waals surface area contributed by atoms with Gasteiger partial charge >= 0.3 is 0 Å². The van der Waals surface area contributed by atoms with Gasteiger partial charge in [-0.2, -0.15) is 0 Å². The van der Waals surface area contributed by atoms with Gasteiger partial charge in [0.15, 0.2) is 0 Å². The molecule has 1 unspecified atom stereocenters. The van der Waals surface area contributed by atoms with Crippen LogP contribution in [0.15, 0.2) is 29.3 Å². The average molecular weight is 160 g/mol. The zero-order valence-electron chi connectivity index (χ0n) is 7.46. The van der Waals surface area contributed by atoms with Crippen molar-refractivity contribution in [1.29, 1.82) is 0 Å². The highest BCUT2D eigenvalue weighted by Gasteiger charge is 2.35. The van der Waals surface area contributed by atoms with Crippen LogP contribution in [0.25, 0.3) is 0 Å². The Labute approximate surface area is 73.9 Å². The second-order valence-corrected chi connectivity index (χ2v) is 3.63. The van der Waals surface area contributed by atoms with Crippen LogP contribution in [-0.2, 0) is 0 Å². The maximum atomic E-state index is 4.54. The van der Waals surface area contributed by atoms with E-state index < -0.39 is 0 Å². The summed E-state index contributed by atoms with van der Waals surface area (Å²) < 4.78 is 0. The molecular weight excluding hydrogens is 146 g/mol. The minimum atomic E-state index is 0.00174. The summed E-state index contributed by atoms with van der Waals surface area (Å²) in [6.45, 7) is 2.20. The Kier molecular flexibility index (Phi) is 1.87. The molecule has 0 amide bonds. The Balaban J connectivity index is 2.18. The molecule has 1 aliphatic heterocycles. The molecule has 2 aliphatic rings. The average Bonchev–Trinajstić information content (AvgIpc) is 2.10. The van der Waals surface area contributed by atoms with Crippen molar-refractivity contribution < 1.29 is 0 Å². The minimum Gasteiger partial charge on any atom is -0.282 e. The molecule has 0 N–H and O–H groups in total. The Bertz CT molecular complexity index is 228. The molecule has 12 heavy (non-hydrogen) atoms. The summed E-state index contributed by atoms with van der Waals surface area (Å²) in [5.41, 5.74) is 0.00174. The Hall–Kier alpha value is -0.850. The molecule has 0 aromatic rings. The smallest absolute Gasteiger partial charge is 0.0824 e. The zero-order chi connectivity index (χ0) is 8.44. The zero-order valence-corrected chi connectivity index (χ0v) is 7.46. The van der Waals surface area contributed by atoms with E-state index in [0.29, 0.717) is 0 Å². The largest absolute Gasteiger partial charge is 0.282 e. The van der Waals surface area contributed by atoms with Crippen molar-refractivity contribution in [1.82, 2.24) is 0 Å². The van der Waals surface area contributed by atoms with Crippen molar-refractivity contribution >= 4 is 6.21 Å². The highest BCUT2D eigenvalue weighted by Crippen LogP contribution is 2.41. The van der Waals surface area contributed by atoms with E-state index >= 15 is 0 Å². The fraction of sp³-hybridized carbons (Fsp3) is 0.455. The van der Waals surface area contributed by atoms with E-state index in [1.54, 1.807) is 5.92 Å². The molecule has 0 saturated heterocycles. The molecule has 63 valence electrons. The molecule has 1 atom stereocenters. The van der Waals surface area contributed by atoms with Crippen LogP contribution in [0.2, 0.25) is 0 Å². The van der Waals surface area contributed by atoms with E-state index in [0.717, 1.165) is 0 Å². The van der Waals surface area contributed by atoms with Crippen molar-refractivity contribution in [2.75, 3.05) is 0 Å². The molecule has 0 spiro atoms. The van der Waals surface area contributed by atoms with Gasteiger partial charge in [0.05, 0.1) is 5.54 Å². The van der Waals surface area contributed by atoms with E-state index in [-0.39, 0.29) is 5.54 Å². The van der Waals surface area contributed by atoms with Crippen molar-refractivity contribution in [3.63, 3.8) is 0 Å². The Morgan fingerprint density at radius 2 is 2.08 bits per heavy atom. The second-order valence-electron chi connectivity index (χ2n) is 3.63. The van der Waals surface area contributed by atoms with Crippen molar-refractivity contribution in [2.24, 2.45) is 4.99 Å². The highest BCUT2D eigenvalue weighted by atomic mass is 14.9. The van der Waals surface area contributed by atoms with E-state index in [1.807, 2.05) is 18.4 Å². The van der Waals surface area contributed by atoms with Crippen LogP contribution in [0, 0.1) is 5.92 Å². The van der Waals surface area contributed by atoms with E-state index in [9.17, 15) is 0 Å². The quantitative estimate of drug-likeness (QED) is 0.559. The first-order valence-corrected chi connectivity index (χ1v) is 4.56. The van der Waals surface area contributed by atoms with Gasteiger partial charge < -0.3 is 0 Å². The third kappa shape index (κ3) is 1.24. The van der Waals surface area contributed by atoms with Crippen LogP contribution >= 0.6 is 0 Å². The predicted octanol–water partition coefficient (Wildman–Crippen LogP) is 2.70. The van der Waals surface area contributed by atoms with Gasteiger partial charge in [0.2, 0.25) is 0 Å². The summed E-state index contributed by atoms with van der Waals surface area (Å²) in [5, 5.41) is 0. The van der Waals surface area contributed by atoms with Crippen LogP contribution in [0.5, 0.6) is 0 Å². The monoisotopic (exact) mass is 160 g/mol. The van der Waals surface area contributed by atoms with Gasteiger partial charge in [-0.3, -0.25) is 4.99 Å². The van der Waals surface area contributed by atoms with Gasteiger partial charge in [-0.05, 0) is 25.8 Å². The van der Waals surface area contributed by atoms with E-state index in [1.165, 1.54) is 19.3 Å². The molecule has 1 saturated carbocycles. The summed E-state index contributed by atoms with van der Waals surface area (Å²) in [7, 11) is 0. The maximum Gasteiger partial charge on any atom is 0.0824 e. The molecule has 1 radical (unpaired) electrons. The fourth-order valence-electron chi connectivity index (χ4n) is 1.67. The van der Waals surface area contributed by atoms with Crippen LogP contribution in [0.3, 0.4) is 0 Å². The van der Waals surface area contributed by atoms with Gasteiger partial charge in [0.1, 0.15) is 0 Å². The molecule has 1 heterocycles. The lowest BCUT2D eigenvalue weighted by molar-refractivity contribution is 0.421. The number of hydrogen-bond acceptors (Lipinski definition) is 1. The van der Waals surface area contributed by atoms with Gasteiger partial charge in [-0.15, -0.1) is 0 Å². The third-order valence-electron chi connectivity index (χ3n) is 2.74. The standard InChI is InChI=1S/C11H14N/c1-11(10-6-5-7-10)8-3-2-4-9-12-11/h2-4,8-9H,5-7H2,1H3. The first kappa shape index (κ1) is 7.78. The fourth-order valence-corrected chi connectivity index (χ4v) is 1.67. The highest BCUT2D eigenvalue weighted by molar-refractivity contribution is 5.73. The number of aliphatic imine (C=N–C) groups is 1. The normalized spacial score (nSPS) is 34.8. The van der Waals surface area contributed by atoms with E-state index in [2.05, 4.69) is 24.1 Å². The molecule has 1 aliphatic carbocycles. The van der Waals surface area contributed by atoms with Gasteiger partial charge in [0.25, 0.3) is 0 Å². The summed E-state index contributed by atoms with van der Waals surface area (Å²) >= 11 is 0. The third-order valence-corrected chi connectivity index (χ3v) is 2.74. The Morgan fingerprint density at radius 1 is 1.25 bits per heavy atom. The van der Waals surface area contributed by atoms with Crippen molar-refractivity contribution in [2.45, 2.75) is 31.7 Å². The van der Waals surface area contributed by atoms with Gasteiger partial charge in [0, 0.05) is 12.1 Å². The molecule has 0 bridgehead atoms. The first-order valence-electron chi connectivity index (χ1n) is 4.56. The minimum absolute atomic E-state index is 0.00174. The number of nitrogens with zero attached hydrogens (tertiary/aromatic N) is 1. The second kappa shape index (κ2) is 2.89. The lowest BCUT2D eigenvalue weighted by Gasteiger charge is -2.37. The lowest BCUT2D eigenvalue weighted by Crippen LogP contribution is -2.33. The number of hydrogen-bond donors (Lipinski definition) is 0. The van der Waals surface area contributed by atoms with Crippen molar-refractivity contribution in [3.8, 4) is 0 Å². The maximum absolute atomic E-state index is 4.54. The SMILES string of the molecule is CC1([C]2CCC2)C=CC=CC=N1. The topological polar surface area (TPSA) is 12.4 Å². The van der Waals surface area contributed by atoms with Gasteiger partial charge in [-0.25, -0.2) is 0 Å². The number of allylic oxidation sites excluding steroid dienone is 3. The molecule has 0 aromatic carbocycles. The Morgan fingerprint density at radius 3 is 2.75 bits per heavy atom. The summed E-state index contributed by atoms with van der Waals surface area (Å²) in [4.78, 5) is 4.54. The summed E-state index contributed by atoms with van der Waals surface area (Å²) in [6.07, 6.45) is 14.1. The first-order chi connectivity index (χ1) is 5.81. The van der Waals surface area contributed by atoms with Gasteiger partial charge in [-0.1, -0.05) is 24.6 Å². The molecular formula is C11H14N. The summed E-state index contributed by atoms with van der Waals surface area (Å²) in [5.74, 6) is 1.58. The molecule has 1 heteroatoms. The van der Waals surface area contributed by atoms with Crippen LogP contribution < -0.4 is 0 Å². The van der Waals surface area contributed by atoms with E-state index in [4.69, 9.17) is 0 Å². The molecule has 0 aromatic heterocycles. The lowest BCUT2D eigenvalue weighted by atomic mass is 9.72. The molecule has 1 nitrogen and oxygen atoms in total. The number of rotatable bonds is 1. The predicted molar refractivity (Wildman–Crippen MR) is 52.3 cm³/mol. The van der Waals surface area contributed by atoms with Crippen molar-refractivity contribution in [3.05, 3.63) is 30.2 Å². The van der Waals surface area contributed by atoms with Crippen LogP contribution in [0.1, 0.15) is 26.2 Å². The van der Waals surface area contributed by atoms with Crippen LogP contribution in [-0.4, -0.2) is 11.8 Å². The van der Waals surface area contributed by atoms with Crippen LogP contribution in [0.4, 0.5) is 0 Å². The molecule has 1 fully saturated rings. The summed E-state index contributed by atoms with van der Waals surface area (Å²) in [6, 6.07) is 0.